The monoisotopic (exact) mass is 290 g/mol. The van der Waals surface area contributed by atoms with E-state index in [0.29, 0.717) is 0 Å². The number of benzene rings is 1. The fourth-order valence-corrected chi connectivity index (χ4v) is 2.17. The van der Waals surface area contributed by atoms with Crippen LogP contribution in [0.25, 0.3) is 0 Å². The molecule has 1 aliphatic rings. The Morgan fingerprint density at radius 1 is 1.05 bits per heavy atom. The molecule has 0 aliphatic heterocycles. The largest absolute Gasteiger partial charge is 0.478 e. The zero-order valence-corrected chi connectivity index (χ0v) is 12.5. The van der Waals surface area contributed by atoms with Crippen molar-refractivity contribution in [1.29, 1.82) is 0 Å². The molecule has 0 spiro atoms. The smallest absolute Gasteiger partial charge is 0.335 e. The first-order valence-electron chi connectivity index (χ1n) is 7.17. The van der Waals surface area contributed by atoms with Gasteiger partial charge in [-0.15, -0.1) is 0 Å². The van der Waals surface area contributed by atoms with Crippen molar-refractivity contribution in [3.05, 3.63) is 47.0 Å². The van der Waals surface area contributed by atoms with Gasteiger partial charge in [-0.25, -0.2) is 9.59 Å². The molecule has 0 radical (unpaired) electrons. The molecule has 0 saturated heterocycles. The zero-order chi connectivity index (χ0) is 15.8. The minimum atomic E-state index is -1.13. The summed E-state index contributed by atoms with van der Waals surface area (Å²) < 4.78 is 0. The molecule has 21 heavy (non-hydrogen) atoms. The van der Waals surface area contributed by atoms with Crippen LogP contribution in [0.3, 0.4) is 0 Å². The SMILES string of the molecule is CC(C)C1=CCCCC1.O=C(O)c1cccc(C(=O)O)c1. The normalized spacial score (nSPS) is 14.0. The maximum absolute atomic E-state index is 10.4. The third-order valence-corrected chi connectivity index (χ3v) is 3.42. The third-order valence-electron chi connectivity index (χ3n) is 3.42. The number of hydrogen-bond acceptors (Lipinski definition) is 2. The molecule has 2 rings (SSSR count). The second-order valence-corrected chi connectivity index (χ2v) is 5.37. The third kappa shape index (κ3) is 5.81. The number of hydrogen-bond donors (Lipinski definition) is 2. The quantitative estimate of drug-likeness (QED) is 0.817. The van der Waals surface area contributed by atoms with Crippen LogP contribution in [0.5, 0.6) is 0 Å². The second kappa shape index (κ2) is 8.25. The van der Waals surface area contributed by atoms with Gasteiger partial charge in [0.15, 0.2) is 0 Å². The first-order chi connectivity index (χ1) is 9.91. The molecule has 1 aromatic rings. The van der Waals surface area contributed by atoms with E-state index < -0.39 is 11.9 Å². The van der Waals surface area contributed by atoms with E-state index in [1.807, 2.05) is 0 Å². The molecule has 0 saturated carbocycles. The molecule has 114 valence electrons. The van der Waals surface area contributed by atoms with Crippen molar-refractivity contribution in [2.45, 2.75) is 39.5 Å². The van der Waals surface area contributed by atoms with E-state index in [9.17, 15) is 9.59 Å². The number of carbonyl (C=O) groups is 2. The van der Waals surface area contributed by atoms with E-state index in [1.54, 1.807) is 5.57 Å². The van der Waals surface area contributed by atoms with Gasteiger partial charge in [0, 0.05) is 0 Å². The lowest BCUT2D eigenvalue weighted by Gasteiger charge is -2.15. The van der Waals surface area contributed by atoms with Crippen LogP contribution < -0.4 is 0 Å². The molecule has 0 heterocycles. The molecule has 0 fully saturated rings. The van der Waals surface area contributed by atoms with Crippen molar-refractivity contribution in [3.63, 3.8) is 0 Å². The van der Waals surface area contributed by atoms with Crippen LogP contribution in [0.1, 0.15) is 60.2 Å². The number of rotatable bonds is 3. The van der Waals surface area contributed by atoms with Crippen LogP contribution in [0.15, 0.2) is 35.9 Å². The number of allylic oxidation sites excluding steroid dienone is 2. The van der Waals surface area contributed by atoms with Crippen molar-refractivity contribution < 1.29 is 19.8 Å². The maximum Gasteiger partial charge on any atom is 0.335 e. The lowest BCUT2D eigenvalue weighted by atomic mass is 9.92. The van der Waals surface area contributed by atoms with E-state index >= 15 is 0 Å². The van der Waals surface area contributed by atoms with Gasteiger partial charge >= 0.3 is 11.9 Å². The Bertz CT molecular complexity index is 500. The molecular weight excluding hydrogens is 268 g/mol. The predicted molar refractivity (Wildman–Crippen MR) is 81.7 cm³/mol. The topological polar surface area (TPSA) is 74.6 Å². The Kier molecular flexibility index (Phi) is 6.66. The number of carboxylic acid groups (broad SMARTS) is 2. The van der Waals surface area contributed by atoms with Crippen LogP contribution in [0.2, 0.25) is 0 Å². The van der Waals surface area contributed by atoms with Crippen molar-refractivity contribution in [1.82, 2.24) is 0 Å². The molecule has 0 aromatic heterocycles. The van der Waals surface area contributed by atoms with Crippen LogP contribution in [0.4, 0.5) is 0 Å². The first kappa shape index (κ1) is 17.0. The van der Waals surface area contributed by atoms with Crippen LogP contribution >= 0.6 is 0 Å². The fraction of sp³-hybridized carbons (Fsp3) is 0.412. The molecule has 0 atom stereocenters. The van der Waals surface area contributed by atoms with Gasteiger partial charge in [0.2, 0.25) is 0 Å². The van der Waals surface area contributed by atoms with Gasteiger partial charge in [0.05, 0.1) is 11.1 Å². The Morgan fingerprint density at radius 2 is 1.62 bits per heavy atom. The fourth-order valence-electron chi connectivity index (χ4n) is 2.17. The minimum absolute atomic E-state index is 0.0186. The molecule has 1 aromatic carbocycles. The van der Waals surface area contributed by atoms with Gasteiger partial charge < -0.3 is 10.2 Å². The molecule has 0 bridgehead atoms. The van der Waals surface area contributed by atoms with Gasteiger partial charge in [-0.2, -0.15) is 0 Å². The molecule has 0 amide bonds. The highest BCUT2D eigenvalue weighted by Gasteiger charge is 2.07. The van der Waals surface area contributed by atoms with Gasteiger partial charge in [-0.05, 0) is 49.8 Å². The van der Waals surface area contributed by atoms with Gasteiger partial charge in [-0.1, -0.05) is 31.6 Å². The van der Waals surface area contributed by atoms with Gasteiger partial charge in [0.25, 0.3) is 0 Å². The molecule has 1 aliphatic carbocycles. The Morgan fingerprint density at radius 3 is 1.95 bits per heavy atom. The minimum Gasteiger partial charge on any atom is -0.478 e. The highest BCUT2D eigenvalue weighted by Crippen LogP contribution is 2.23. The lowest BCUT2D eigenvalue weighted by Crippen LogP contribution is -2.01. The summed E-state index contributed by atoms with van der Waals surface area (Å²) in [6.07, 6.45) is 7.94. The predicted octanol–water partition coefficient (Wildman–Crippen LogP) is 4.23. The van der Waals surface area contributed by atoms with E-state index in [4.69, 9.17) is 10.2 Å². The van der Waals surface area contributed by atoms with Gasteiger partial charge in [-0.3, -0.25) is 0 Å². The Labute approximate surface area is 125 Å². The van der Waals surface area contributed by atoms with Crippen molar-refractivity contribution in [2.24, 2.45) is 5.92 Å². The lowest BCUT2D eigenvalue weighted by molar-refractivity contribution is 0.0696. The summed E-state index contributed by atoms with van der Waals surface area (Å²) in [6.45, 7) is 4.58. The average Bonchev–Trinajstić information content (AvgIpc) is 2.49. The van der Waals surface area contributed by atoms with Crippen molar-refractivity contribution >= 4 is 11.9 Å². The molecule has 4 nitrogen and oxygen atoms in total. The van der Waals surface area contributed by atoms with Crippen LogP contribution in [-0.4, -0.2) is 22.2 Å². The first-order valence-corrected chi connectivity index (χ1v) is 7.17. The second-order valence-electron chi connectivity index (χ2n) is 5.37. The van der Waals surface area contributed by atoms with E-state index in [1.165, 1.54) is 43.9 Å². The summed E-state index contributed by atoms with van der Waals surface area (Å²) in [5.74, 6) is -1.46. The van der Waals surface area contributed by atoms with Crippen molar-refractivity contribution in [2.75, 3.05) is 0 Å². The molecule has 0 unspecified atom stereocenters. The number of aromatic carboxylic acids is 2. The van der Waals surface area contributed by atoms with E-state index in [2.05, 4.69) is 19.9 Å². The summed E-state index contributed by atoms with van der Waals surface area (Å²) in [7, 11) is 0. The van der Waals surface area contributed by atoms with Gasteiger partial charge in [0.1, 0.15) is 0 Å². The highest BCUT2D eigenvalue weighted by molar-refractivity contribution is 5.93. The Balaban J connectivity index is 0.000000219. The summed E-state index contributed by atoms with van der Waals surface area (Å²) in [5, 5.41) is 17.0. The standard InChI is InChI=1S/C9H16.C8H6O4/c1-8(2)9-6-4-3-5-7-9;9-7(10)5-2-1-3-6(4-5)8(11)12/h6,8H,3-5,7H2,1-2H3;1-4H,(H,9,10)(H,11,12). The average molecular weight is 290 g/mol. The summed E-state index contributed by atoms with van der Waals surface area (Å²) in [5.41, 5.74) is 1.64. The summed E-state index contributed by atoms with van der Waals surface area (Å²) in [4.78, 5) is 20.8. The van der Waals surface area contributed by atoms with Crippen LogP contribution in [0, 0.1) is 5.92 Å². The molecule has 4 heteroatoms. The summed E-state index contributed by atoms with van der Waals surface area (Å²) in [6, 6.07) is 5.20. The highest BCUT2D eigenvalue weighted by atomic mass is 16.4. The zero-order valence-electron chi connectivity index (χ0n) is 12.5. The summed E-state index contributed by atoms with van der Waals surface area (Å²) >= 11 is 0. The molecular formula is C17H22O4. The maximum atomic E-state index is 10.4. The number of carboxylic acids is 2. The molecule has 2 N–H and O–H groups in total. The Hall–Kier alpha value is -2.10. The van der Waals surface area contributed by atoms with E-state index in [-0.39, 0.29) is 11.1 Å². The van der Waals surface area contributed by atoms with Crippen molar-refractivity contribution in [3.8, 4) is 0 Å². The van der Waals surface area contributed by atoms with E-state index in [0.717, 1.165) is 12.0 Å². The van der Waals surface area contributed by atoms with Crippen LogP contribution in [-0.2, 0) is 0 Å².